The lowest BCUT2D eigenvalue weighted by Gasteiger charge is -2.12. The van der Waals surface area contributed by atoms with Crippen molar-refractivity contribution in [3.8, 4) is 5.75 Å². The van der Waals surface area contributed by atoms with E-state index in [1.165, 1.54) is 12.1 Å². The van der Waals surface area contributed by atoms with Crippen molar-refractivity contribution >= 4 is 17.3 Å². The van der Waals surface area contributed by atoms with Gasteiger partial charge in [-0.2, -0.15) is 0 Å². The molecule has 0 unspecified atom stereocenters. The zero-order chi connectivity index (χ0) is 13.1. The minimum absolute atomic E-state index is 0.258. The van der Waals surface area contributed by atoms with Gasteiger partial charge < -0.3 is 10.5 Å². The lowest BCUT2D eigenvalue weighted by Crippen LogP contribution is -2.01. The molecule has 4 heteroatoms. The van der Waals surface area contributed by atoms with Gasteiger partial charge in [-0.05, 0) is 30.7 Å². The van der Waals surface area contributed by atoms with Gasteiger partial charge in [0.2, 0.25) is 0 Å². The minimum Gasteiger partial charge on any atom is -0.486 e. The maximum Gasteiger partial charge on any atom is 0.145 e. The Morgan fingerprint density at radius 2 is 2.06 bits per heavy atom. The fourth-order valence-corrected chi connectivity index (χ4v) is 1.88. The van der Waals surface area contributed by atoms with Gasteiger partial charge in [0.15, 0.2) is 0 Å². The van der Waals surface area contributed by atoms with Crippen LogP contribution < -0.4 is 10.5 Å². The van der Waals surface area contributed by atoms with Crippen LogP contribution in [0, 0.1) is 12.7 Å². The highest BCUT2D eigenvalue weighted by molar-refractivity contribution is 6.31. The quantitative estimate of drug-likeness (QED) is 0.853. The summed E-state index contributed by atoms with van der Waals surface area (Å²) in [5.41, 5.74) is 8.08. The summed E-state index contributed by atoms with van der Waals surface area (Å²) in [6.07, 6.45) is 0. The van der Waals surface area contributed by atoms with Gasteiger partial charge in [-0.1, -0.05) is 29.8 Å². The summed E-state index contributed by atoms with van der Waals surface area (Å²) in [4.78, 5) is 0. The monoisotopic (exact) mass is 265 g/mol. The van der Waals surface area contributed by atoms with Gasteiger partial charge in [-0.15, -0.1) is 0 Å². The molecule has 0 radical (unpaired) electrons. The van der Waals surface area contributed by atoms with Crippen LogP contribution in [0.3, 0.4) is 0 Å². The average molecular weight is 266 g/mol. The van der Waals surface area contributed by atoms with Crippen molar-refractivity contribution in [3.05, 3.63) is 58.4 Å². The van der Waals surface area contributed by atoms with E-state index in [1.54, 1.807) is 12.1 Å². The van der Waals surface area contributed by atoms with Gasteiger partial charge in [0, 0.05) is 5.56 Å². The molecule has 0 aromatic heterocycles. The SMILES string of the molecule is Cc1cccc(N)c1OCc1ccc(F)cc1Cl. The van der Waals surface area contributed by atoms with Crippen molar-refractivity contribution in [2.75, 3.05) is 5.73 Å². The van der Waals surface area contributed by atoms with Crippen molar-refractivity contribution in [2.24, 2.45) is 0 Å². The van der Waals surface area contributed by atoms with Crippen molar-refractivity contribution in [2.45, 2.75) is 13.5 Å². The number of para-hydroxylation sites is 1. The molecule has 2 aromatic carbocycles. The van der Waals surface area contributed by atoms with Crippen LogP contribution in [-0.2, 0) is 6.61 Å². The zero-order valence-corrected chi connectivity index (χ0v) is 10.7. The normalized spacial score (nSPS) is 10.4. The number of nitrogens with two attached hydrogens (primary N) is 1. The topological polar surface area (TPSA) is 35.2 Å². The van der Waals surface area contributed by atoms with E-state index in [0.717, 1.165) is 11.1 Å². The molecule has 0 spiro atoms. The molecule has 0 aliphatic rings. The summed E-state index contributed by atoms with van der Waals surface area (Å²) in [5, 5.41) is 0.349. The predicted molar refractivity (Wildman–Crippen MR) is 71.3 cm³/mol. The number of nitrogen functional groups attached to an aromatic ring is 1. The number of rotatable bonds is 3. The molecule has 2 N–H and O–H groups in total. The third-order valence-electron chi connectivity index (χ3n) is 2.63. The fraction of sp³-hybridized carbons (Fsp3) is 0.143. The van der Waals surface area contributed by atoms with E-state index in [9.17, 15) is 4.39 Å². The molecule has 18 heavy (non-hydrogen) atoms. The van der Waals surface area contributed by atoms with Crippen LogP contribution in [0.15, 0.2) is 36.4 Å². The zero-order valence-electron chi connectivity index (χ0n) is 9.91. The molecule has 0 fully saturated rings. The molecule has 0 amide bonds. The molecule has 2 aromatic rings. The molecule has 0 heterocycles. The number of benzene rings is 2. The Bertz CT molecular complexity index is 551. The Balaban J connectivity index is 2.16. The second-order valence-corrected chi connectivity index (χ2v) is 4.42. The summed E-state index contributed by atoms with van der Waals surface area (Å²) < 4.78 is 18.5. The van der Waals surface area contributed by atoms with Crippen molar-refractivity contribution in [3.63, 3.8) is 0 Å². The summed E-state index contributed by atoms with van der Waals surface area (Å²) >= 11 is 5.92. The Labute approximate surface area is 110 Å². The standard InChI is InChI=1S/C14H13ClFNO/c1-9-3-2-4-13(17)14(9)18-8-10-5-6-11(16)7-12(10)15/h2-7H,8,17H2,1H3. The molecule has 2 nitrogen and oxygen atoms in total. The van der Waals surface area contributed by atoms with Crippen molar-refractivity contribution in [1.29, 1.82) is 0 Å². The van der Waals surface area contributed by atoms with Gasteiger partial charge in [0.1, 0.15) is 18.2 Å². The van der Waals surface area contributed by atoms with Crippen LogP contribution in [0.4, 0.5) is 10.1 Å². The summed E-state index contributed by atoms with van der Waals surface area (Å²) in [6.45, 7) is 2.17. The van der Waals surface area contributed by atoms with E-state index in [0.29, 0.717) is 16.5 Å². The molecule has 94 valence electrons. The molecule has 0 bridgehead atoms. The van der Waals surface area contributed by atoms with Gasteiger partial charge in [0.25, 0.3) is 0 Å². The second kappa shape index (κ2) is 5.27. The molecule has 2 rings (SSSR count). The van der Waals surface area contributed by atoms with E-state index in [2.05, 4.69) is 0 Å². The summed E-state index contributed by atoms with van der Waals surface area (Å²) in [6, 6.07) is 9.77. The first-order valence-corrected chi connectivity index (χ1v) is 5.87. The van der Waals surface area contributed by atoms with Crippen LogP contribution in [0.1, 0.15) is 11.1 Å². The third-order valence-corrected chi connectivity index (χ3v) is 2.98. The molecular weight excluding hydrogens is 253 g/mol. The number of hydrogen-bond donors (Lipinski definition) is 1. The number of aryl methyl sites for hydroxylation is 1. The van der Waals surface area contributed by atoms with Gasteiger partial charge in [-0.3, -0.25) is 0 Å². The Morgan fingerprint density at radius 3 is 2.72 bits per heavy atom. The maximum absolute atomic E-state index is 12.9. The van der Waals surface area contributed by atoms with Gasteiger partial charge >= 0.3 is 0 Å². The molecule has 0 aliphatic carbocycles. The van der Waals surface area contributed by atoms with E-state index >= 15 is 0 Å². The largest absolute Gasteiger partial charge is 0.486 e. The van der Waals surface area contributed by atoms with Gasteiger partial charge in [0.05, 0.1) is 10.7 Å². The van der Waals surface area contributed by atoms with Crippen LogP contribution in [-0.4, -0.2) is 0 Å². The number of ether oxygens (including phenoxy) is 1. The van der Waals surface area contributed by atoms with Crippen LogP contribution in [0.5, 0.6) is 5.75 Å². The highest BCUT2D eigenvalue weighted by Crippen LogP contribution is 2.27. The van der Waals surface area contributed by atoms with Gasteiger partial charge in [-0.25, -0.2) is 4.39 Å². The second-order valence-electron chi connectivity index (χ2n) is 4.02. The molecular formula is C14H13ClFNO. The van der Waals surface area contributed by atoms with Crippen LogP contribution in [0.25, 0.3) is 0 Å². The first-order valence-electron chi connectivity index (χ1n) is 5.50. The number of anilines is 1. The fourth-order valence-electron chi connectivity index (χ4n) is 1.66. The number of halogens is 2. The average Bonchev–Trinajstić information content (AvgIpc) is 2.31. The summed E-state index contributed by atoms with van der Waals surface area (Å²) in [7, 11) is 0. The first-order chi connectivity index (χ1) is 8.58. The van der Waals surface area contributed by atoms with Crippen molar-refractivity contribution < 1.29 is 9.13 Å². The lowest BCUT2D eigenvalue weighted by atomic mass is 10.2. The molecule has 0 saturated heterocycles. The predicted octanol–water partition coefficient (Wildman–Crippen LogP) is 3.95. The van der Waals surface area contributed by atoms with Crippen LogP contribution in [0.2, 0.25) is 5.02 Å². The maximum atomic E-state index is 12.9. The van der Waals surface area contributed by atoms with E-state index < -0.39 is 0 Å². The number of hydrogen-bond acceptors (Lipinski definition) is 2. The Morgan fingerprint density at radius 1 is 1.28 bits per heavy atom. The van der Waals surface area contributed by atoms with E-state index in [1.807, 2.05) is 19.1 Å². The van der Waals surface area contributed by atoms with E-state index in [4.69, 9.17) is 22.1 Å². The van der Waals surface area contributed by atoms with Crippen LogP contribution >= 0.6 is 11.6 Å². The smallest absolute Gasteiger partial charge is 0.145 e. The Hall–Kier alpha value is -1.74. The first kappa shape index (κ1) is 12.7. The highest BCUT2D eigenvalue weighted by atomic mass is 35.5. The molecule has 0 aliphatic heterocycles. The lowest BCUT2D eigenvalue weighted by molar-refractivity contribution is 0.306. The summed E-state index contributed by atoms with van der Waals surface area (Å²) in [5.74, 6) is 0.275. The van der Waals surface area contributed by atoms with E-state index in [-0.39, 0.29) is 12.4 Å². The minimum atomic E-state index is -0.362. The molecule has 0 saturated carbocycles. The van der Waals surface area contributed by atoms with Crippen molar-refractivity contribution in [1.82, 2.24) is 0 Å². The third kappa shape index (κ3) is 2.74. The highest BCUT2D eigenvalue weighted by Gasteiger charge is 2.07. The Kier molecular flexibility index (Phi) is 3.72. The molecule has 0 atom stereocenters.